The average Bonchev–Trinajstić information content (AvgIpc) is 3.10. The number of ether oxygens (including phenoxy) is 1. The molecule has 0 bridgehead atoms. The number of fused-ring (bicyclic) bond motifs is 1. The molecule has 0 saturated carbocycles. The van der Waals surface area contributed by atoms with Crippen molar-refractivity contribution in [3.63, 3.8) is 0 Å². The van der Waals surface area contributed by atoms with Crippen LogP contribution in [0.1, 0.15) is 5.56 Å². The van der Waals surface area contributed by atoms with Gasteiger partial charge >= 0.3 is 0 Å². The maximum Gasteiger partial charge on any atom is 0.275 e. The van der Waals surface area contributed by atoms with Crippen molar-refractivity contribution in [3.8, 4) is 5.19 Å². The quantitative estimate of drug-likeness (QED) is 0.382. The molecule has 3 rings (SSSR count). The van der Waals surface area contributed by atoms with E-state index in [0.717, 1.165) is 17.8 Å². The monoisotopic (exact) mass is 414 g/mol. The van der Waals surface area contributed by atoms with Gasteiger partial charge in [-0.15, -0.1) is 0 Å². The lowest BCUT2D eigenvalue weighted by molar-refractivity contribution is 0.203. The second-order valence-corrected chi connectivity index (χ2v) is 7.30. The van der Waals surface area contributed by atoms with Gasteiger partial charge in [0.25, 0.3) is 5.19 Å². The maximum atomic E-state index is 13.8. The second kappa shape index (κ2) is 8.74. The summed E-state index contributed by atoms with van der Waals surface area (Å²) in [5.74, 6) is -1.32. The number of nitrogens with one attached hydrogen (secondary N) is 1. The molecule has 0 unspecified atom stereocenters. The van der Waals surface area contributed by atoms with Crippen LogP contribution in [0, 0.1) is 11.6 Å². The Labute approximate surface area is 161 Å². The van der Waals surface area contributed by atoms with Gasteiger partial charge in [0.05, 0.1) is 26.4 Å². The number of hydrogen-bond donors (Lipinski definition) is 3. The topological polar surface area (TPSA) is 100 Å². The number of thioether (sulfide) groups is 1. The molecular weight excluding hydrogens is 398 g/mol. The number of hydrogen-bond acceptors (Lipinski definition) is 9. The molecule has 0 aliphatic carbocycles. The van der Waals surface area contributed by atoms with Crippen LogP contribution in [0.5, 0.6) is 5.19 Å². The zero-order chi connectivity index (χ0) is 19.4. The zero-order valence-electron chi connectivity index (χ0n) is 14.1. The standard InChI is InChI=1S/C16H16F2N4O3S2/c1-25-16-22-14-12(27-16)13(19-9(5-23)6-24)20-15(21-14)26-7-8-3-2-4-10(17)11(8)18/h2-4,9,23-24H,5-7H2,1H3,(H,19,20,21). The van der Waals surface area contributed by atoms with Crippen LogP contribution >= 0.6 is 23.1 Å². The summed E-state index contributed by atoms with van der Waals surface area (Å²) in [4.78, 5) is 12.9. The molecule has 11 heteroatoms. The van der Waals surface area contributed by atoms with Crippen LogP contribution in [0.3, 0.4) is 0 Å². The van der Waals surface area contributed by atoms with Gasteiger partial charge in [0, 0.05) is 11.3 Å². The predicted octanol–water partition coefficient (Wildman–Crippen LogP) is 2.43. The lowest BCUT2D eigenvalue weighted by atomic mass is 10.2. The Balaban J connectivity index is 1.91. The van der Waals surface area contributed by atoms with Crippen molar-refractivity contribution >= 4 is 39.3 Å². The Morgan fingerprint density at radius 2 is 2.00 bits per heavy atom. The van der Waals surface area contributed by atoms with Crippen LogP contribution in [0.15, 0.2) is 23.4 Å². The SMILES string of the molecule is COc1nc2nc(SCc3cccc(F)c3F)nc(NC(CO)CO)c2s1. The highest BCUT2D eigenvalue weighted by molar-refractivity contribution is 7.98. The normalized spacial score (nSPS) is 11.3. The smallest absolute Gasteiger partial charge is 0.275 e. The van der Waals surface area contributed by atoms with Crippen molar-refractivity contribution in [1.82, 2.24) is 15.0 Å². The molecule has 0 radical (unpaired) electrons. The molecule has 0 fully saturated rings. The number of thiazole rings is 1. The first-order chi connectivity index (χ1) is 13.0. The second-order valence-electron chi connectivity index (χ2n) is 5.40. The van der Waals surface area contributed by atoms with Crippen LogP contribution in [-0.4, -0.2) is 51.5 Å². The fourth-order valence-electron chi connectivity index (χ4n) is 2.18. The van der Waals surface area contributed by atoms with Gasteiger partial charge in [-0.05, 0) is 6.07 Å². The third-order valence-corrected chi connectivity index (χ3v) is 5.47. The van der Waals surface area contributed by atoms with Crippen LogP contribution in [0.25, 0.3) is 10.3 Å². The van der Waals surface area contributed by atoms with Crippen molar-refractivity contribution in [2.45, 2.75) is 17.0 Å². The van der Waals surface area contributed by atoms with Gasteiger partial charge in [0.2, 0.25) is 0 Å². The molecule has 0 amide bonds. The van der Waals surface area contributed by atoms with Gasteiger partial charge in [0.15, 0.2) is 28.3 Å². The molecule has 0 saturated heterocycles. The fourth-order valence-corrected chi connectivity index (χ4v) is 3.77. The Bertz CT molecular complexity index is 937. The number of aromatic nitrogens is 3. The number of aliphatic hydroxyl groups excluding tert-OH is 2. The highest BCUT2D eigenvalue weighted by Gasteiger charge is 2.17. The van der Waals surface area contributed by atoms with E-state index in [1.807, 2.05) is 0 Å². The summed E-state index contributed by atoms with van der Waals surface area (Å²) in [6, 6.07) is 3.36. The van der Waals surface area contributed by atoms with Gasteiger partial charge in [-0.25, -0.2) is 18.7 Å². The number of halogens is 2. The van der Waals surface area contributed by atoms with Crippen LogP contribution in [0.4, 0.5) is 14.6 Å². The first-order valence-corrected chi connectivity index (χ1v) is 9.62. The molecule has 144 valence electrons. The van der Waals surface area contributed by atoms with E-state index in [4.69, 9.17) is 4.74 Å². The molecule has 27 heavy (non-hydrogen) atoms. The van der Waals surface area contributed by atoms with Crippen LogP contribution in [0.2, 0.25) is 0 Å². The van der Waals surface area contributed by atoms with E-state index in [1.54, 1.807) is 0 Å². The number of benzene rings is 1. The summed E-state index contributed by atoms with van der Waals surface area (Å²) in [5, 5.41) is 22.2. The molecule has 2 heterocycles. The number of methoxy groups -OCH3 is 1. The number of rotatable bonds is 8. The Morgan fingerprint density at radius 1 is 1.22 bits per heavy atom. The minimum atomic E-state index is -0.912. The maximum absolute atomic E-state index is 13.8. The van der Waals surface area contributed by atoms with E-state index >= 15 is 0 Å². The molecule has 0 atom stereocenters. The number of nitrogens with zero attached hydrogens (tertiary/aromatic N) is 3. The molecule has 2 aromatic heterocycles. The van der Waals surface area contributed by atoms with E-state index in [0.29, 0.717) is 21.4 Å². The van der Waals surface area contributed by atoms with Crippen molar-refractivity contribution in [2.75, 3.05) is 25.6 Å². The summed E-state index contributed by atoms with van der Waals surface area (Å²) < 4.78 is 32.9. The molecule has 0 aliphatic rings. The van der Waals surface area contributed by atoms with E-state index in [2.05, 4.69) is 20.3 Å². The minimum Gasteiger partial charge on any atom is -0.473 e. The molecule has 1 aromatic carbocycles. The molecule has 0 spiro atoms. The van der Waals surface area contributed by atoms with Crippen molar-refractivity contribution in [3.05, 3.63) is 35.4 Å². The number of anilines is 1. The summed E-state index contributed by atoms with van der Waals surface area (Å²) in [7, 11) is 1.48. The predicted molar refractivity (Wildman–Crippen MR) is 99.3 cm³/mol. The van der Waals surface area contributed by atoms with Gasteiger partial charge in [0.1, 0.15) is 4.70 Å². The lowest BCUT2D eigenvalue weighted by Crippen LogP contribution is -2.28. The van der Waals surface area contributed by atoms with Gasteiger partial charge in [-0.2, -0.15) is 4.98 Å². The average molecular weight is 414 g/mol. The third kappa shape index (κ3) is 4.43. The Morgan fingerprint density at radius 3 is 2.70 bits per heavy atom. The van der Waals surface area contributed by atoms with Crippen molar-refractivity contribution < 1.29 is 23.7 Å². The largest absolute Gasteiger partial charge is 0.473 e. The molecule has 3 aromatic rings. The van der Waals surface area contributed by atoms with E-state index in [-0.39, 0.29) is 29.7 Å². The first kappa shape index (κ1) is 19.7. The highest BCUT2D eigenvalue weighted by Crippen LogP contribution is 2.34. The summed E-state index contributed by atoms with van der Waals surface area (Å²) in [6.07, 6.45) is 0. The number of aliphatic hydroxyl groups is 2. The van der Waals surface area contributed by atoms with E-state index in [1.165, 1.54) is 30.6 Å². The van der Waals surface area contributed by atoms with Crippen molar-refractivity contribution in [2.24, 2.45) is 0 Å². The molecule has 3 N–H and O–H groups in total. The van der Waals surface area contributed by atoms with E-state index in [9.17, 15) is 19.0 Å². The third-order valence-electron chi connectivity index (χ3n) is 3.56. The van der Waals surface area contributed by atoms with Crippen molar-refractivity contribution in [1.29, 1.82) is 0 Å². The Kier molecular flexibility index (Phi) is 6.37. The van der Waals surface area contributed by atoms with Crippen LogP contribution < -0.4 is 10.1 Å². The van der Waals surface area contributed by atoms with Crippen LogP contribution in [-0.2, 0) is 5.75 Å². The van der Waals surface area contributed by atoms with Gasteiger partial charge in [-0.3, -0.25) is 0 Å². The summed E-state index contributed by atoms with van der Waals surface area (Å²) in [5.41, 5.74) is 0.559. The summed E-state index contributed by atoms with van der Waals surface area (Å²) in [6.45, 7) is -0.593. The lowest BCUT2D eigenvalue weighted by Gasteiger charge is -2.14. The van der Waals surface area contributed by atoms with Gasteiger partial charge < -0.3 is 20.3 Å². The zero-order valence-corrected chi connectivity index (χ0v) is 15.8. The fraction of sp³-hybridized carbons (Fsp3) is 0.312. The molecule has 0 aliphatic heterocycles. The van der Waals surface area contributed by atoms with Gasteiger partial charge in [-0.1, -0.05) is 35.2 Å². The highest BCUT2D eigenvalue weighted by atomic mass is 32.2. The minimum absolute atomic E-state index is 0.124. The van der Waals surface area contributed by atoms with E-state index < -0.39 is 17.7 Å². The molecular formula is C16H16F2N4O3S2. The Hall–Kier alpha value is -2.08. The summed E-state index contributed by atoms with van der Waals surface area (Å²) >= 11 is 2.33. The molecule has 7 nitrogen and oxygen atoms in total. The first-order valence-electron chi connectivity index (χ1n) is 7.82.